The first-order valence-electron chi connectivity index (χ1n) is 9.43. The Balaban J connectivity index is 1.48. The minimum absolute atomic E-state index is 0.0864. The van der Waals surface area contributed by atoms with Gasteiger partial charge in [0.1, 0.15) is 0 Å². The Morgan fingerprint density at radius 3 is 2.43 bits per heavy atom. The number of hydrazine groups is 1. The number of carbonyl (C=O) groups is 2. The molecule has 1 aliphatic rings. The third kappa shape index (κ3) is 3.10. The molecule has 6 nitrogen and oxygen atoms in total. The van der Waals surface area contributed by atoms with Gasteiger partial charge in [0, 0.05) is 40.5 Å². The van der Waals surface area contributed by atoms with Gasteiger partial charge in [0.2, 0.25) is 0 Å². The molecule has 0 spiro atoms. The predicted octanol–water partition coefficient (Wildman–Crippen LogP) is 3.77. The second-order valence-electron chi connectivity index (χ2n) is 6.86. The quantitative estimate of drug-likeness (QED) is 0.517. The van der Waals surface area contributed by atoms with Crippen LogP contribution in [-0.4, -0.2) is 21.7 Å². The van der Waals surface area contributed by atoms with E-state index in [9.17, 15) is 9.59 Å². The normalized spacial score (nSPS) is 12.4. The van der Waals surface area contributed by atoms with Crippen molar-refractivity contribution in [3.05, 3.63) is 102 Å². The molecule has 6 heteroatoms. The Kier molecular flexibility index (Phi) is 4.29. The number of nitrogens with zero attached hydrogens (tertiary/aromatic N) is 2. The lowest BCUT2D eigenvalue weighted by Crippen LogP contribution is -2.36. The van der Waals surface area contributed by atoms with Crippen molar-refractivity contribution in [1.82, 2.24) is 20.8 Å². The summed E-state index contributed by atoms with van der Waals surface area (Å²) in [6, 6.07) is 20.2. The molecule has 2 N–H and O–H groups in total. The first-order chi connectivity index (χ1) is 14.7. The highest BCUT2D eigenvalue weighted by molar-refractivity contribution is 6.16. The van der Waals surface area contributed by atoms with Crippen molar-refractivity contribution >= 4 is 28.3 Å². The summed E-state index contributed by atoms with van der Waals surface area (Å²) in [7, 11) is 0. The van der Waals surface area contributed by atoms with Gasteiger partial charge in [0.15, 0.2) is 5.78 Å². The van der Waals surface area contributed by atoms with Gasteiger partial charge in [-0.25, -0.2) is 4.98 Å². The van der Waals surface area contributed by atoms with E-state index in [1.165, 1.54) is 6.08 Å². The molecule has 0 atom stereocenters. The molecular formula is C24H16N4O2. The number of hydrogen-bond donors (Lipinski definition) is 2. The summed E-state index contributed by atoms with van der Waals surface area (Å²) in [6.45, 7) is 0. The van der Waals surface area contributed by atoms with E-state index < -0.39 is 0 Å². The van der Waals surface area contributed by atoms with E-state index in [1.807, 2.05) is 54.6 Å². The Labute approximate surface area is 172 Å². The van der Waals surface area contributed by atoms with Crippen molar-refractivity contribution < 1.29 is 9.59 Å². The maximum absolute atomic E-state index is 13.1. The van der Waals surface area contributed by atoms with Crippen LogP contribution in [0.25, 0.3) is 27.9 Å². The number of benzene rings is 2. The highest BCUT2D eigenvalue weighted by atomic mass is 16.2. The molecule has 4 aromatic rings. The number of nitrogens with one attached hydrogen (secondary N) is 2. The molecule has 2 heterocycles. The van der Waals surface area contributed by atoms with Gasteiger partial charge in [-0.15, -0.1) is 0 Å². The van der Waals surface area contributed by atoms with Gasteiger partial charge in [0.25, 0.3) is 5.91 Å². The van der Waals surface area contributed by atoms with Gasteiger partial charge in [-0.3, -0.25) is 25.4 Å². The Morgan fingerprint density at radius 1 is 0.867 bits per heavy atom. The molecule has 0 saturated heterocycles. The minimum atomic E-state index is -0.318. The molecule has 1 amide bonds. The van der Waals surface area contributed by atoms with E-state index in [0.29, 0.717) is 22.5 Å². The number of amides is 1. The molecular weight excluding hydrogens is 376 g/mol. The van der Waals surface area contributed by atoms with Crippen LogP contribution in [-0.2, 0) is 0 Å². The fraction of sp³-hybridized carbons (Fsp3) is 0. The standard InChI is InChI=1S/C24H16N4O2/c29-23-14-22(16-5-1-2-7-18(16)23)27-28-24(30)19-13-21(15-9-11-25-12-10-15)26-20-8-4-3-6-17(19)20/h1-14,27H,(H,28,30). The topological polar surface area (TPSA) is 84.0 Å². The minimum Gasteiger partial charge on any atom is -0.298 e. The summed E-state index contributed by atoms with van der Waals surface area (Å²) >= 11 is 0. The maximum atomic E-state index is 13.1. The van der Waals surface area contributed by atoms with Crippen LogP contribution < -0.4 is 10.9 Å². The highest BCUT2D eigenvalue weighted by Crippen LogP contribution is 2.26. The van der Waals surface area contributed by atoms with E-state index in [1.54, 1.807) is 24.5 Å². The number of hydrogen-bond acceptors (Lipinski definition) is 5. The Bertz CT molecular complexity index is 1330. The number of allylic oxidation sites excluding steroid dienone is 1. The van der Waals surface area contributed by atoms with E-state index in [0.717, 1.165) is 22.0 Å². The first kappa shape index (κ1) is 17.8. The number of rotatable bonds is 4. The molecule has 0 unspecified atom stereocenters. The Morgan fingerprint density at radius 2 is 1.60 bits per heavy atom. The number of fused-ring (bicyclic) bond motifs is 2. The summed E-state index contributed by atoms with van der Waals surface area (Å²) in [4.78, 5) is 33.9. The third-order valence-electron chi connectivity index (χ3n) is 5.01. The van der Waals surface area contributed by atoms with Crippen LogP contribution in [0.1, 0.15) is 26.3 Å². The summed E-state index contributed by atoms with van der Waals surface area (Å²) in [5.41, 5.74) is 10.3. The van der Waals surface area contributed by atoms with Gasteiger partial charge < -0.3 is 0 Å². The average Bonchev–Trinajstić information content (AvgIpc) is 3.13. The van der Waals surface area contributed by atoms with E-state index in [2.05, 4.69) is 20.8 Å². The molecule has 0 bridgehead atoms. The zero-order valence-corrected chi connectivity index (χ0v) is 15.8. The molecule has 0 saturated carbocycles. The number of pyridine rings is 2. The predicted molar refractivity (Wildman–Crippen MR) is 114 cm³/mol. The van der Waals surface area contributed by atoms with Crippen LogP contribution in [0.4, 0.5) is 0 Å². The molecule has 5 rings (SSSR count). The van der Waals surface area contributed by atoms with Crippen LogP contribution in [0.2, 0.25) is 0 Å². The van der Waals surface area contributed by atoms with Crippen LogP contribution in [0.3, 0.4) is 0 Å². The van der Waals surface area contributed by atoms with Crippen LogP contribution >= 0.6 is 0 Å². The van der Waals surface area contributed by atoms with E-state index in [-0.39, 0.29) is 11.7 Å². The van der Waals surface area contributed by atoms with Gasteiger partial charge in [-0.05, 0) is 24.3 Å². The lowest BCUT2D eigenvalue weighted by molar-refractivity contribution is 0.0943. The summed E-state index contributed by atoms with van der Waals surface area (Å²) in [5.74, 6) is -0.404. The van der Waals surface area contributed by atoms with Crippen LogP contribution in [0.5, 0.6) is 0 Å². The lowest BCUT2D eigenvalue weighted by Gasteiger charge is -2.13. The van der Waals surface area contributed by atoms with Gasteiger partial charge in [-0.1, -0.05) is 42.5 Å². The number of carbonyl (C=O) groups excluding carboxylic acids is 2. The zero-order chi connectivity index (χ0) is 20.5. The third-order valence-corrected chi connectivity index (χ3v) is 5.01. The summed E-state index contributed by atoms with van der Waals surface area (Å²) < 4.78 is 0. The number of ketones is 1. The SMILES string of the molecule is O=C1C=C(NNC(=O)c2cc(-c3ccncc3)nc3ccccc23)c2ccccc21. The van der Waals surface area contributed by atoms with Crippen LogP contribution in [0, 0.1) is 0 Å². The van der Waals surface area contributed by atoms with Crippen molar-refractivity contribution in [1.29, 1.82) is 0 Å². The largest absolute Gasteiger partial charge is 0.298 e. The molecule has 2 aromatic heterocycles. The Hall–Kier alpha value is -4.32. The van der Waals surface area contributed by atoms with E-state index in [4.69, 9.17) is 0 Å². The first-order valence-corrected chi connectivity index (χ1v) is 9.43. The van der Waals surface area contributed by atoms with Crippen molar-refractivity contribution in [2.24, 2.45) is 0 Å². The maximum Gasteiger partial charge on any atom is 0.270 e. The zero-order valence-electron chi connectivity index (χ0n) is 15.8. The summed E-state index contributed by atoms with van der Waals surface area (Å²) in [6.07, 6.45) is 4.86. The fourth-order valence-corrected chi connectivity index (χ4v) is 3.55. The second-order valence-corrected chi connectivity index (χ2v) is 6.86. The fourth-order valence-electron chi connectivity index (χ4n) is 3.55. The molecule has 1 aliphatic carbocycles. The van der Waals surface area contributed by atoms with E-state index >= 15 is 0 Å². The van der Waals surface area contributed by atoms with Gasteiger partial charge >= 0.3 is 0 Å². The number of para-hydroxylation sites is 1. The number of aromatic nitrogens is 2. The average molecular weight is 392 g/mol. The highest BCUT2D eigenvalue weighted by Gasteiger charge is 2.21. The molecule has 0 radical (unpaired) electrons. The molecule has 2 aromatic carbocycles. The molecule has 0 fully saturated rings. The summed E-state index contributed by atoms with van der Waals surface area (Å²) in [5, 5.41) is 0.742. The molecule has 0 aliphatic heterocycles. The monoisotopic (exact) mass is 392 g/mol. The van der Waals surface area contributed by atoms with Crippen molar-refractivity contribution in [2.45, 2.75) is 0 Å². The molecule has 144 valence electrons. The van der Waals surface area contributed by atoms with Gasteiger partial charge in [0.05, 0.1) is 22.5 Å². The van der Waals surface area contributed by atoms with Crippen molar-refractivity contribution in [2.75, 3.05) is 0 Å². The second kappa shape index (κ2) is 7.25. The molecule has 30 heavy (non-hydrogen) atoms. The van der Waals surface area contributed by atoms with Crippen molar-refractivity contribution in [3.63, 3.8) is 0 Å². The van der Waals surface area contributed by atoms with Crippen molar-refractivity contribution in [3.8, 4) is 11.3 Å². The van der Waals surface area contributed by atoms with Gasteiger partial charge in [-0.2, -0.15) is 0 Å². The van der Waals surface area contributed by atoms with Crippen LogP contribution in [0.15, 0.2) is 85.2 Å². The smallest absolute Gasteiger partial charge is 0.270 e. The lowest BCUT2D eigenvalue weighted by atomic mass is 10.0.